The average Bonchev–Trinajstić information content (AvgIpc) is 3.49. The summed E-state index contributed by atoms with van der Waals surface area (Å²) in [4.78, 5) is 12.7. The van der Waals surface area contributed by atoms with Crippen molar-refractivity contribution in [3.63, 3.8) is 0 Å². The largest absolute Gasteiger partial charge is 0.495 e. The van der Waals surface area contributed by atoms with Crippen LogP contribution in [0.5, 0.6) is 5.75 Å². The maximum atomic E-state index is 13.0. The van der Waals surface area contributed by atoms with Crippen LogP contribution < -0.4 is 15.4 Å². The van der Waals surface area contributed by atoms with Gasteiger partial charge >= 0.3 is 0 Å². The van der Waals surface area contributed by atoms with Crippen LogP contribution in [0.2, 0.25) is 0 Å². The third kappa shape index (κ3) is 4.41. The van der Waals surface area contributed by atoms with Gasteiger partial charge in [0.2, 0.25) is 16.0 Å². The van der Waals surface area contributed by atoms with Crippen molar-refractivity contribution in [2.24, 2.45) is 0 Å². The van der Waals surface area contributed by atoms with Crippen molar-refractivity contribution >= 4 is 38.5 Å². The summed E-state index contributed by atoms with van der Waals surface area (Å²) in [5, 5.41) is 7.58. The smallest absolute Gasteiger partial charge is 0.243 e. The summed E-state index contributed by atoms with van der Waals surface area (Å²) in [6.07, 6.45) is 2.80. The number of aromatic amines is 1. The van der Waals surface area contributed by atoms with Gasteiger partial charge in [0.1, 0.15) is 17.2 Å². The molecule has 2 saturated heterocycles. The van der Waals surface area contributed by atoms with Crippen LogP contribution >= 0.6 is 0 Å². The molecule has 4 heterocycles. The number of ether oxygens (including phenoxy) is 3. The van der Waals surface area contributed by atoms with Crippen LogP contribution in [0.4, 0.5) is 17.5 Å². The van der Waals surface area contributed by atoms with E-state index in [1.165, 1.54) is 17.5 Å². The van der Waals surface area contributed by atoms with E-state index in [1.54, 1.807) is 12.1 Å². The van der Waals surface area contributed by atoms with E-state index in [4.69, 9.17) is 19.2 Å². The van der Waals surface area contributed by atoms with Crippen LogP contribution in [0.1, 0.15) is 12.0 Å². The van der Waals surface area contributed by atoms with Gasteiger partial charge in [-0.25, -0.2) is 8.42 Å². The van der Waals surface area contributed by atoms with Gasteiger partial charge in [-0.2, -0.15) is 14.3 Å². The van der Waals surface area contributed by atoms with Crippen molar-refractivity contribution in [1.82, 2.24) is 19.3 Å². The number of methoxy groups -OCH3 is 1. The minimum atomic E-state index is -3.64. The highest BCUT2D eigenvalue weighted by molar-refractivity contribution is 7.89. The first-order valence-electron chi connectivity index (χ1n) is 11.2. The Kier molecular flexibility index (Phi) is 6.30. The molecule has 2 aliphatic rings. The topological polar surface area (TPSA) is 131 Å². The molecule has 1 atom stereocenters. The number of fused-ring (bicyclic) bond motifs is 1. The normalized spacial score (nSPS) is 19.4. The third-order valence-corrected chi connectivity index (χ3v) is 7.92. The van der Waals surface area contributed by atoms with Gasteiger partial charge in [0.25, 0.3) is 0 Å². The number of nitrogens with zero attached hydrogens (tertiary/aromatic N) is 3. The van der Waals surface area contributed by atoms with Gasteiger partial charge in [-0.3, -0.25) is 0 Å². The van der Waals surface area contributed by atoms with E-state index in [2.05, 4.69) is 20.6 Å². The molecule has 0 unspecified atom stereocenters. The van der Waals surface area contributed by atoms with Crippen LogP contribution in [-0.2, 0) is 19.5 Å². The first-order chi connectivity index (χ1) is 16.5. The first-order valence-corrected chi connectivity index (χ1v) is 12.6. The average molecular weight is 489 g/mol. The molecule has 2 aliphatic heterocycles. The minimum Gasteiger partial charge on any atom is -0.495 e. The molecule has 11 nitrogen and oxygen atoms in total. The molecule has 0 saturated carbocycles. The predicted molar refractivity (Wildman–Crippen MR) is 127 cm³/mol. The van der Waals surface area contributed by atoms with E-state index in [-0.39, 0.29) is 10.9 Å². The Hall–Kier alpha value is -2.93. The number of hydrogen-bond acceptors (Lipinski definition) is 9. The van der Waals surface area contributed by atoms with Crippen LogP contribution in [0, 0.1) is 6.92 Å². The summed E-state index contributed by atoms with van der Waals surface area (Å²) in [6.45, 7) is 4.79. The van der Waals surface area contributed by atoms with Crippen LogP contribution in [0.3, 0.4) is 0 Å². The molecule has 3 N–H and O–H groups in total. The van der Waals surface area contributed by atoms with Crippen molar-refractivity contribution in [3.8, 4) is 5.75 Å². The van der Waals surface area contributed by atoms with Gasteiger partial charge in [0.05, 0.1) is 48.9 Å². The fraction of sp³-hybridized carbons (Fsp3) is 0.455. The van der Waals surface area contributed by atoms with E-state index < -0.39 is 10.0 Å². The molecule has 5 rings (SSSR count). The summed E-state index contributed by atoms with van der Waals surface area (Å²) < 4.78 is 43.8. The van der Waals surface area contributed by atoms with Crippen molar-refractivity contribution in [3.05, 3.63) is 30.0 Å². The van der Waals surface area contributed by atoms with E-state index in [0.29, 0.717) is 61.8 Å². The molecule has 0 radical (unpaired) electrons. The second kappa shape index (κ2) is 9.37. The second-order valence-corrected chi connectivity index (χ2v) is 10.2. The van der Waals surface area contributed by atoms with Crippen molar-refractivity contribution in [2.75, 3.05) is 57.3 Å². The lowest BCUT2D eigenvalue weighted by atomic mass is 10.2. The summed E-state index contributed by atoms with van der Waals surface area (Å²) in [6, 6.07) is 4.92. The quantitative estimate of drug-likeness (QED) is 0.458. The fourth-order valence-electron chi connectivity index (χ4n) is 4.18. The van der Waals surface area contributed by atoms with E-state index in [9.17, 15) is 8.42 Å². The van der Waals surface area contributed by atoms with Crippen LogP contribution in [0.25, 0.3) is 11.0 Å². The Morgan fingerprint density at radius 2 is 2.00 bits per heavy atom. The van der Waals surface area contributed by atoms with Gasteiger partial charge in [-0.05, 0) is 31.0 Å². The molecule has 2 aromatic heterocycles. The predicted octanol–water partition coefficient (Wildman–Crippen LogP) is 2.24. The lowest BCUT2D eigenvalue weighted by Gasteiger charge is -2.26. The number of benzene rings is 1. The number of rotatable bonds is 7. The molecule has 3 aromatic rings. The van der Waals surface area contributed by atoms with E-state index >= 15 is 0 Å². The number of morpholine rings is 1. The Balaban J connectivity index is 1.45. The molecule has 1 aromatic carbocycles. The Morgan fingerprint density at radius 1 is 1.18 bits per heavy atom. The lowest BCUT2D eigenvalue weighted by Crippen LogP contribution is -2.40. The van der Waals surface area contributed by atoms with Gasteiger partial charge in [-0.1, -0.05) is 0 Å². The summed E-state index contributed by atoms with van der Waals surface area (Å²) in [5.74, 6) is 1.45. The summed E-state index contributed by atoms with van der Waals surface area (Å²) >= 11 is 0. The maximum Gasteiger partial charge on any atom is 0.243 e. The summed E-state index contributed by atoms with van der Waals surface area (Å²) in [7, 11) is -2.15. The standard InChI is InChI=1S/C22H28N6O5S/c1-14-12-23-20-19(14)21(24-15-5-8-33-13-15)27-22(26-20)25-17-4-3-16(11-18(17)31-2)34(29,30)28-6-9-32-10-7-28/h3-4,11-12,15H,5-10,13H2,1-2H3,(H3,23,24,25,26,27)/t15-/m1/s1. The van der Waals surface area contributed by atoms with Crippen LogP contribution in [-0.4, -0.2) is 80.3 Å². The van der Waals surface area contributed by atoms with Crippen molar-refractivity contribution < 1.29 is 22.6 Å². The van der Waals surface area contributed by atoms with Crippen LogP contribution in [0.15, 0.2) is 29.3 Å². The van der Waals surface area contributed by atoms with Gasteiger partial charge < -0.3 is 29.8 Å². The zero-order valence-electron chi connectivity index (χ0n) is 19.1. The molecule has 182 valence electrons. The minimum absolute atomic E-state index is 0.164. The number of nitrogens with one attached hydrogen (secondary N) is 3. The second-order valence-electron chi connectivity index (χ2n) is 8.30. The number of aryl methyl sites for hydroxylation is 1. The molecule has 0 bridgehead atoms. The molecule has 2 fully saturated rings. The highest BCUT2D eigenvalue weighted by Crippen LogP contribution is 2.33. The lowest BCUT2D eigenvalue weighted by molar-refractivity contribution is 0.0730. The zero-order chi connectivity index (χ0) is 23.7. The van der Waals surface area contributed by atoms with Gasteiger partial charge in [0.15, 0.2) is 0 Å². The molecular formula is C22H28N6O5S. The fourth-order valence-corrected chi connectivity index (χ4v) is 5.61. The number of aromatic nitrogens is 3. The number of anilines is 3. The molecule has 34 heavy (non-hydrogen) atoms. The Labute approximate surface area is 197 Å². The monoisotopic (exact) mass is 488 g/mol. The number of sulfonamides is 1. The Bertz CT molecular complexity index is 1280. The Morgan fingerprint density at radius 3 is 2.74 bits per heavy atom. The molecular weight excluding hydrogens is 460 g/mol. The van der Waals surface area contributed by atoms with Gasteiger partial charge in [-0.15, -0.1) is 0 Å². The third-order valence-electron chi connectivity index (χ3n) is 6.03. The maximum absolute atomic E-state index is 13.0. The number of H-pyrrole nitrogens is 1. The number of hydrogen-bond donors (Lipinski definition) is 3. The zero-order valence-corrected chi connectivity index (χ0v) is 19.9. The summed E-state index contributed by atoms with van der Waals surface area (Å²) in [5.41, 5.74) is 2.29. The van der Waals surface area contributed by atoms with Crippen molar-refractivity contribution in [1.29, 1.82) is 0 Å². The van der Waals surface area contributed by atoms with E-state index in [0.717, 1.165) is 24.0 Å². The highest BCUT2D eigenvalue weighted by atomic mass is 32.2. The molecule has 12 heteroatoms. The molecule has 0 spiro atoms. The van der Waals surface area contributed by atoms with E-state index in [1.807, 2.05) is 13.1 Å². The molecule has 0 amide bonds. The highest BCUT2D eigenvalue weighted by Gasteiger charge is 2.27. The van der Waals surface area contributed by atoms with Gasteiger partial charge in [0, 0.05) is 32.0 Å². The van der Waals surface area contributed by atoms with Crippen molar-refractivity contribution in [2.45, 2.75) is 24.3 Å². The molecule has 0 aliphatic carbocycles. The SMILES string of the molecule is COc1cc(S(=O)(=O)N2CCOCC2)ccc1Nc1nc(N[C@@H]2CCOC2)c2c(C)c[nH]c2n1. The first kappa shape index (κ1) is 22.8.